The maximum atomic E-state index is 12.8. The lowest BCUT2D eigenvalue weighted by atomic mass is 10.1. The van der Waals surface area contributed by atoms with Crippen molar-refractivity contribution in [2.45, 2.75) is 13.8 Å². The van der Waals surface area contributed by atoms with Crippen LogP contribution in [0.15, 0.2) is 52.2 Å². The van der Waals surface area contributed by atoms with Gasteiger partial charge in [0.05, 0.1) is 12.2 Å². The summed E-state index contributed by atoms with van der Waals surface area (Å²) in [6.45, 7) is 6.76. The molecule has 0 spiro atoms. The van der Waals surface area contributed by atoms with Crippen LogP contribution in [0.1, 0.15) is 42.9 Å². The number of para-hydroxylation sites is 1. The van der Waals surface area contributed by atoms with Crippen LogP contribution < -0.4 is 10.9 Å². The third kappa shape index (κ3) is 4.56. The Morgan fingerprint density at radius 1 is 1.19 bits per heavy atom. The van der Waals surface area contributed by atoms with Gasteiger partial charge in [0.2, 0.25) is 0 Å². The van der Waals surface area contributed by atoms with E-state index < -0.39 is 23.5 Å². The van der Waals surface area contributed by atoms with Crippen LogP contribution in [0.2, 0.25) is 0 Å². The molecule has 2 heterocycles. The maximum absolute atomic E-state index is 12.8. The Kier molecular flexibility index (Phi) is 6.66. The number of thiophene rings is 1. The molecule has 0 saturated heterocycles. The summed E-state index contributed by atoms with van der Waals surface area (Å²) in [5.41, 5.74) is -0.395. The molecule has 9 heteroatoms. The highest BCUT2D eigenvalue weighted by atomic mass is 32.1. The summed E-state index contributed by atoms with van der Waals surface area (Å²) in [7, 11) is 0. The van der Waals surface area contributed by atoms with Gasteiger partial charge < -0.3 is 19.2 Å². The third-order valence-corrected chi connectivity index (χ3v) is 5.44. The number of amides is 1. The van der Waals surface area contributed by atoms with Crippen LogP contribution in [0, 0.1) is 6.92 Å². The van der Waals surface area contributed by atoms with Gasteiger partial charge in [0.25, 0.3) is 5.91 Å². The van der Waals surface area contributed by atoms with Gasteiger partial charge in [0, 0.05) is 5.39 Å². The standard InChI is InChI=1S/C22H19NO7S/c1-4-10-29-22(27)17-12(3)16(21(26)28-5-2)19(31-17)23-18(24)14-11-13-8-6-7-9-15(13)30-20(14)25/h4,6-9,11H,1,5,10H2,2-3H3,(H,23,24). The zero-order chi connectivity index (χ0) is 22.5. The van der Waals surface area contributed by atoms with Crippen LogP contribution in [-0.2, 0) is 9.47 Å². The normalized spacial score (nSPS) is 10.5. The highest BCUT2D eigenvalue weighted by Crippen LogP contribution is 2.34. The Morgan fingerprint density at radius 3 is 2.65 bits per heavy atom. The highest BCUT2D eigenvalue weighted by molar-refractivity contribution is 7.18. The van der Waals surface area contributed by atoms with Crippen LogP contribution in [0.3, 0.4) is 0 Å². The van der Waals surface area contributed by atoms with Gasteiger partial charge in [-0.1, -0.05) is 30.9 Å². The molecule has 0 fully saturated rings. The minimum atomic E-state index is -0.826. The number of carbonyl (C=O) groups excluding carboxylic acids is 3. The zero-order valence-electron chi connectivity index (χ0n) is 16.9. The lowest BCUT2D eigenvalue weighted by Crippen LogP contribution is -2.21. The second kappa shape index (κ2) is 9.40. The predicted molar refractivity (Wildman–Crippen MR) is 116 cm³/mol. The van der Waals surface area contributed by atoms with E-state index in [1.807, 2.05) is 0 Å². The van der Waals surface area contributed by atoms with Crippen molar-refractivity contribution in [2.24, 2.45) is 0 Å². The van der Waals surface area contributed by atoms with E-state index in [2.05, 4.69) is 11.9 Å². The molecule has 0 bridgehead atoms. The molecule has 0 atom stereocenters. The minimum Gasteiger partial charge on any atom is -0.462 e. The number of ether oxygens (including phenoxy) is 2. The van der Waals surface area contributed by atoms with Gasteiger partial charge in [0.1, 0.15) is 27.6 Å². The van der Waals surface area contributed by atoms with E-state index in [-0.39, 0.29) is 34.2 Å². The molecule has 3 aromatic rings. The summed E-state index contributed by atoms with van der Waals surface area (Å²) in [5.74, 6) is -2.16. The van der Waals surface area contributed by atoms with E-state index in [1.165, 1.54) is 12.1 Å². The predicted octanol–water partition coefficient (Wildman–Crippen LogP) is 3.93. The van der Waals surface area contributed by atoms with Crippen molar-refractivity contribution in [1.29, 1.82) is 0 Å². The number of hydrogen-bond donors (Lipinski definition) is 1. The molecule has 0 aliphatic heterocycles. The first kappa shape index (κ1) is 22.0. The first-order valence-electron chi connectivity index (χ1n) is 9.30. The van der Waals surface area contributed by atoms with E-state index in [1.54, 1.807) is 38.1 Å². The fourth-order valence-electron chi connectivity index (χ4n) is 2.84. The van der Waals surface area contributed by atoms with Crippen LogP contribution in [0.25, 0.3) is 11.0 Å². The average molecular weight is 441 g/mol. The van der Waals surface area contributed by atoms with Gasteiger partial charge in [-0.2, -0.15) is 0 Å². The molecule has 160 valence electrons. The molecule has 0 radical (unpaired) electrons. The monoisotopic (exact) mass is 441 g/mol. The van der Waals surface area contributed by atoms with Crippen molar-refractivity contribution in [2.75, 3.05) is 18.5 Å². The number of anilines is 1. The number of nitrogens with one attached hydrogen (secondary N) is 1. The number of hydrogen-bond acceptors (Lipinski definition) is 8. The maximum Gasteiger partial charge on any atom is 0.349 e. The van der Waals surface area contributed by atoms with E-state index >= 15 is 0 Å². The van der Waals surface area contributed by atoms with Gasteiger partial charge in [-0.25, -0.2) is 14.4 Å². The number of fused-ring (bicyclic) bond motifs is 1. The molecular weight excluding hydrogens is 422 g/mol. The van der Waals surface area contributed by atoms with Gasteiger partial charge in [0.15, 0.2) is 0 Å². The molecule has 0 aliphatic carbocycles. The molecular formula is C22H19NO7S. The summed E-state index contributed by atoms with van der Waals surface area (Å²) in [6.07, 6.45) is 1.41. The van der Waals surface area contributed by atoms with Crippen LogP contribution >= 0.6 is 11.3 Å². The summed E-state index contributed by atoms with van der Waals surface area (Å²) in [5, 5.41) is 3.17. The Bertz CT molecular complexity index is 1240. The van der Waals surface area contributed by atoms with E-state index in [4.69, 9.17) is 13.9 Å². The topological polar surface area (TPSA) is 112 Å². The lowest BCUT2D eigenvalue weighted by Gasteiger charge is -2.07. The van der Waals surface area contributed by atoms with Crippen molar-refractivity contribution in [3.63, 3.8) is 0 Å². The molecule has 0 unspecified atom stereocenters. The van der Waals surface area contributed by atoms with Gasteiger partial charge in [-0.05, 0) is 31.5 Å². The summed E-state index contributed by atoms with van der Waals surface area (Å²) < 4.78 is 15.3. The fraction of sp³-hybridized carbons (Fsp3) is 0.182. The zero-order valence-corrected chi connectivity index (χ0v) is 17.7. The summed E-state index contributed by atoms with van der Waals surface area (Å²) in [4.78, 5) is 50.1. The highest BCUT2D eigenvalue weighted by Gasteiger charge is 2.28. The Balaban J connectivity index is 2.01. The molecule has 8 nitrogen and oxygen atoms in total. The number of esters is 2. The number of benzene rings is 1. The molecule has 0 aliphatic rings. The lowest BCUT2D eigenvalue weighted by molar-refractivity contribution is 0.0527. The van der Waals surface area contributed by atoms with Crippen LogP contribution in [0.5, 0.6) is 0 Å². The molecule has 3 rings (SSSR count). The second-order valence-electron chi connectivity index (χ2n) is 6.31. The molecule has 1 N–H and O–H groups in total. The quantitative estimate of drug-likeness (QED) is 0.336. The van der Waals surface area contributed by atoms with Crippen molar-refractivity contribution in [3.8, 4) is 0 Å². The Labute approximate surface area is 181 Å². The number of carbonyl (C=O) groups is 3. The molecule has 31 heavy (non-hydrogen) atoms. The first-order valence-corrected chi connectivity index (χ1v) is 10.1. The van der Waals surface area contributed by atoms with Crippen molar-refractivity contribution < 1.29 is 28.3 Å². The third-order valence-electron chi connectivity index (χ3n) is 4.26. The van der Waals surface area contributed by atoms with Gasteiger partial charge >= 0.3 is 17.6 Å². The van der Waals surface area contributed by atoms with E-state index in [9.17, 15) is 19.2 Å². The summed E-state index contributed by atoms with van der Waals surface area (Å²) in [6, 6.07) is 8.16. The van der Waals surface area contributed by atoms with E-state index in [0.29, 0.717) is 16.5 Å². The van der Waals surface area contributed by atoms with E-state index in [0.717, 1.165) is 11.3 Å². The van der Waals surface area contributed by atoms with Gasteiger partial charge in [-0.15, -0.1) is 11.3 Å². The first-order chi connectivity index (χ1) is 14.9. The van der Waals surface area contributed by atoms with Gasteiger partial charge in [-0.3, -0.25) is 4.79 Å². The average Bonchev–Trinajstić information content (AvgIpc) is 3.07. The fourth-order valence-corrected chi connectivity index (χ4v) is 3.92. The van der Waals surface area contributed by atoms with Crippen molar-refractivity contribution in [3.05, 3.63) is 75.0 Å². The molecule has 1 aromatic carbocycles. The number of rotatable bonds is 7. The molecule has 0 saturated carbocycles. The van der Waals surface area contributed by atoms with Crippen molar-refractivity contribution in [1.82, 2.24) is 0 Å². The minimum absolute atomic E-state index is 0.00919. The summed E-state index contributed by atoms with van der Waals surface area (Å²) >= 11 is 0.857. The Morgan fingerprint density at radius 2 is 1.94 bits per heavy atom. The largest absolute Gasteiger partial charge is 0.462 e. The van der Waals surface area contributed by atoms with Crippen LogP contribution in [0.4, 0.5) is 5.00 Å². The Hall–Kier alpha value is -3.72. The second-order valence-corrected chi connectivity index (χ2v) is 7.33. The SMILES string of the molecule is C=CCOC(=O)c1sc(NC(=O)c2cc3ccccc3oc2=O)c(C(=O)OCC)c1C. The molecule has 2 aromatic heterocycles. The van der Waals surface area contributed by atoms with Crippen LogP contribution in [-0.4, -0.2) is 31.1 Å². The molecule has 1 amide bonds. The smallest absolute Gasteiger partial charge is 0.349 e. The van der Waals surface area contributed by atoms with Crippen molar-refractivity contribution >= 4 is 45.2 Å².